The lowest BCUT2D eigenvalue weighted by Gasteiger charge is -2.27. The predicted molar refractivity (Wildman–Crippen MR) is 125 cm³/mol. The quantitative estimate of drug-likeness (QED) is 0.612. The molecule has 4 rings (SSSR count). The molecule has 2 unspecified atom stereocenters. The van der Waals surface area contributed by atoms with E-state index in [-0.39, 0.29) is 10.8 Å². The fraction of sp³-hybridized carbons (Fsp3) is 0.375. The highest BCUT2D eigenvalue weighted by molar-refractivity contribution is 7.90. The van der Waals surface area contributed by atoms with E-state index in [1.807, 2.05) is 52.8 Å². The Balaban J connectivity index is 1.78. The summed E-state index contributed by atoms with van der Waals surface area (Å²) >= 11 is -1.22. The zero-order chi connectivity index (χ0) is 22.3. The minimum Gasteiger partial charge on any atom is -0.598 e. The molecule has 3 aromatic rings. The average molecular weight is 434 g/mol. The Kier molecular flexibility index (Phi) is 5.65. The lowest BCUT2D eigenvalue weighted by atomic mass is 10.0. The fourth-order valence-corrected chi connectivity index (χ4v) is 4.63. The lowest BCUT2D eigenvalue weighted by molar-refractivity contribution is 0.531. The van der Waals surface area contributed by atoms with Crippen LogP contribution < -0.4 is 9.62 Å². The molecule has 2 aromatic carbocycles. The highest BCUT2D eigenvalue weighted by Gasteiger charge is 2.30. The maximum Gasteiger partial charge on any atom is 0.183 e. The topological polar surface area (TPSA) is 87.9 Å². The van der Waals surface area contributed by atoms with Gasteiger partial charge in [-0.25, -0.2) is 9.97 Å². The Labute approximate surface area is 186 Å². The highest BCUT2D eigenvalue weighted by atomic mass is 32.2. The first-order valence-electron chi connectivity index (χ1n) is 10.4. The summed E-state index contributed by atoms with van der Waals surface area (Å²) in [7, 11) is 0. The number of benzene rings is 2. The van der Waals surface area contributed by atoms with Gasteiger partial charge in [0.2, 0.25) is 0 Å². The summed E-state index contributed by atoms with van der Waals surface area (Å²) in [5.74, 6) is 0.598. The van der Waals surface area contributed by atoms with Gasteiger partial charge in [-0.15, -0.1) is 4.72 Å². The minimum absolute atomic E-state index is 0.187. The van der Waals surface area contributed by atoms with E-state index in [9.17, 15) is 9.81 Å². The van der Waals surface area contributed by atoms with Crippen LogP contribution in [0.2, 0.25) is 0 Å². The molecule has 2 atom stereocenters. The average Bonchev–Trinajstić information content (AvgIpc) is 3.15. The SMILES string of the molecule is Cc1cc(C(C)N[S+]([O-])C(C)(C)C)c2nc(N3Cc4ccccc4C3)c(C#N)nc2c1. The van der Waals surface area contributed by atoms with Gasteiger partial charge in [-0.1, -0.05) is 30.3 Å². The molecule has 2 heterocycles. The van der Waals surface area contributed by atoms with E-state index in [0.29, 0.717) is 30.1 Å². The second-order valence-corrected chi connectivity index (χ2v) is 11.1. The zero-order valence-corrected chi connectivity index (χ0v) is 19.4. The fourth-order valence-electron chi connectivity index (χ4n) is 3.83. The van der Waals surface area contributed by atoms with Crippen molar-refractivity contribution in [3.05, 3.63) is 64.3 Å². The number of rotatable bonds is 4. The highest BCUT2D eigenvalue weighted by Crippen LogP contribution is 2.32. The lowest BCUT2D eigenvalue weighted by Crippen LogP contribution is -2.40. The molecule has 160 valence electrons. The summed E-state index contributed by atoms with van der Waals surface area (Å²) in [4.78, 5) is 11.7. The molecule has 0 saturated carbocycles. The van der Waals surface area contributed by atoms with Crippen LogP contribution in [-0.4, -0.2) is 19.3 Å². The smallest absolute Gasteiger partial charge is 0.183 e. The van der Waals surface area contributed by atoms with Gasteiger partial charge in [0.15, 0.2) is 11.5 Å². The minimum atomic E-state index is -1.22. The molecule has 0 saturated heterocycles. The van der Waals surface area contributed by atoms with E-state index in [2.05, 4.69) is 38.9 Å². The maximum absolute atomic E-state index is 12.7. The standard InChI is InChI=1S/C24H27N5OS/c1-15-10-19(16(2)28-31(30)24(3,4)5)22-20(11-15)26-21(12-25)23(27-22)29-13-17-8-6-7-9-18(17)14-29/h6-11,16,28H,13-14H2,1-5H3. The molecular formula is C24H27N5OS. The normalized spacial score (nSPS) is 15.6. The summed E-state index contributed by atoms with van der Waals surface area (Å²) in [5, 5.41) is 9.78. The van der Waals surface area contributed by atoms with Crippen LogP contribution in [0.4, 0.5) is 5.82 Å². The van der Waals surface area contributed by atoms with Crippen LogP contribution in [0.3, 0.4) is 0 Å². The molecule has 1 aliphatic rings. The molecule has 0 amide bonds. The largest absolute Gasteiger partial charge is 0.598 e. The number of nitrogens with zero attached hydrogens (tertiary/aromatic N) is 4. The molecule has 0 radical (unpaired) electrons. The van der Waals surface area contributed by atoms with Gasteiger partial charge < -0.3 is 9.45 Å². The monoisotopic (exact) mass is 433 g/mol. The van der Waals surface area contributed by atoms with Crippen molar-refractivity contribution in [3.8, 4) is 6.07 Å². The molecule has 31 heavy (non-hydrogen) atoms. The van der Waals surface area contributed by atoms with Crippen molar-refractivity contribution in [2.45, 2.75) is 58.5 Å². The van der Waals surface area contributed by atoms with E-state index in [1.165, 1.54) is 11.1 Å². The van der Waals surface area contributed by atoms with Gasteiger partial charge in [0.25, 0.3) is 0 Å². The van der Waals surface area contributed by atoms with Gasteiger partial charge in [-0.3, -0.25) is 0 Å². The molecule has 1 aliphatic heterocycles. The van der Waals surface area contributed by atoms with Crippen LogP contribution in [0.25, 0.3) is 11.0 Å². The molecule has 0 fully saturated rings. The van der Waals surface area contributed by atoms with Gasteiger partial charge in [-0.05, 0) is 57.4 Å². The van der Waals surface area contributed by atoms with Crippen molar-refractivity contribution >= 4 is 28.2 Å². The van der Waals surface area contributed by atoms with Crippen molar-refractivity contribution < 1.29 is 4.55 Å². The number of aromatic nitrogens is 2. The number of nitriles is 1. The van der Waals surface area contributed by atoms with Crippen molar-refractivity contribution in [2.24, 2.45) is 0 Å². The summed E-state index contributed by atoms with van der Waals surface area (Å²) in [6, 6.07) is 14.3. The summed E-state index contributed by atoms with van der Waals surface area (Å²) in [6.45, 7) is 11.2. The van der Waals surface area contributed by atoms with E-state index in [0.717, 1.165) is 16.6 Å². The van der Waals surface area contributed by atoms with Crippen LogP contribution >= 0.6 is 0 Å². The number of anilines is 1. The Morgan fingerprint density at radius 1 is 1.16 bits per heavy atom. The third-order valence-corrected chi connectivity index (χ3v) is 7.16. The van der Waals surface area contributed by atoms with Crippen LogP contribution in [0.15, 0.2) is 36.4 Å². The van der Waals surface area contributed by atoms with E-state index in [4.69, 9.17) is 4.98 Å². The third kappa shape index (κ3) is 4.24. The molecule has 6 nitrogen and oxygen atoms in total. The van der Waals surface area contributed by atoms with Crippen LogP contribution in [0.5, 0.6) is 0 Å². The van der Waals surface area contributed by atoms with E-state index in [1.54, 1.807) is 0 Å². The first kappa shape index (κ1) is 21.6. The van der Waals surface area contributed by atoms with Gasteiger partial charge >= 0.3 is 0 Å². The van der Waals surface area contributed by atoms with Crippen molar-refractivity contribution in [2.75, 3.05) is 4.90 Å². The van der Waals surface area contributed by atoms with Gasteiger partial charge in [0.05, 0.1) is 17.1 Å². The Morgan fingerprint density at radius 2 is 1.81 bits per heavy atom. The molecule has 0 aliphatic carbocycles. The van der Waals surface area contributed by atoms with E-state index < -0.39 is 11.4 Å². The Morgan fingerprint density at radius 3 is 2.39 bits per heavy atom. The number of aryl methyl sites for hydroxylation is 1. The van der Waals surface area contributed by atoms with E-state index >= 15 is 0 Å². The van der Waals surface area contributed by atoms with Gasteiger partial charge in [0, 0.05) is 30.0 Å². The first-order chi connectivity index (χ1) is 14.7. The first-order valence-corrected chi connectivity index (χ1v) is 11.5. The van der Waals surface area contributed by atoms with Crippen LogP contribution in [0.1, 0.15) is 61.7 Å². The van der Waals surface area contributed by atoms with Crippen LogP contribution in [-0.2, 0) is 24.5 Å². The molecule has 1 aromatic heterocycles. The van der Waals surface area contributed by atoms with Gasteiger partial charge in [-0.2, -0.15) is 5.26 Å². The Hall–Kier alpha value is -2.66. The number of hydrogen-bond acceptors (Lipinski definition) is 6. The second-order valence-electron chi connectivity index (χ2n) is 9.07. The molecule has 7 heteroatoms. The summed E-state index contributed by atoms with van der Waals surface area (Å²) < 4.78 is 15.5. The van der Waals surface area contributed by atoms with Crippen LogP contribution in [0, 0.1) is 18.3 Å². The number of hydrogen-bond donors (Lipinski definition) is 1. The predicted octanol–water partition coefficient (Wildman–Crippen LogP) is 4.44. The molecule has 1 N–H and O–H groups in total. The molecule has 0 bridgehead atoms. The van der Waals surface area contributed by atoms with Crippen molar-refractivity contribution in [1.29, 1.82) is 5.26 Å². The van der Waals surface area contributed by atoms with Crippen molar-refractivity contribution in [3.63, 3.8) is 0 Å². The second kappa shape index (κ2) is 8.12. The molecular weight excluding hydrogens is 406 g/mol. The molecule has 0 spiro atoms. The summed E-state index contributed by atoms with van der Waals surface area (Å²) in [6.07, 6.45) is 0. The zero-order valence-electron chi connectivity index (χ0n) is 18.6. The number of fused-ring (bicyclic) bond motifs is 2. The maximum atomic E-state index is 12.7. The van der Waals surface area contributed by atoms with Gasteiger partial charge in [0.1, 0.15) is 10.8 Å². The Bertz CT molecular complexity index is 1160. The van der Waals surface area contributed by atoms with Crippen molar-refractivity contribution in [1.82, 2.24) is 14.7 Å². The summed E-state index contributed by atoms with van der Waals surface area (Å²) in [5.41, 5.74) is 6.19. The third-order valence-electron chi connectivity index (χ3n) is 5.48. The number of nitrogens with one attached hydrogen (secondary N) is 1.